The second-order valence-corrected chi connectivity index (χ2v) is 10.3. The molecular formula is C25H31N5O2S. The number of aliphatic hydroxyl groups is 1. The van der Waals surface area contributed by atoms with E-state index in [9.17, 15) is 5.11 Å². The third kappa shape index (κ3) is 5.03. The van der Waals surface area contributed by atoms with E-state index in [0.29, 0.717) is 24.5 Å². The number of benzene rings is 1. The summed E-state index contributed by atoms with van der Waals surface area (Å²) in [7, 11) is 2.18. The van der Waals surface area contributed by atoms with Crippen molar-refractivity contribution < 1.29 is 9.84 Å². The second-order valence-electron chi connectivity index (χ2n) is 9.26. The number of nitrogens with zero attached hydrogens (tertiary/aromatic N) is 4. The molecular weight excluding hydrogens is 434 g/mol. The molecule has 174 valence electrons. The zero-order valence-electron chi connectivity index (χ0n) is 19.3. The number of thiazole rings is 1. The zero-order valence-corrected chi connectivity index (χ0v) is 20.1. The molecule has 1 atom stereocenters. The SMILES string of the molecule is Cc1cc(Nc2nccc(OCCC3CCCN3C)n2)cc(-c2cnc(C3(O)CCC3)s2)c1. The van der Waals surface area contributed by atoms with Gasteiger partial charge >= 0.3 is 0 Å². The maximum absolute atomic E-state index is 10.6. The molecule has 3 heterocycles. The van der Waals surface area contributed by atoms with Gasteiger partial charge in [-0.25, -0.2) is 9.97 Å². The highest BCUT2D eigenvalue weighted by Crippen LogP contribution is 2.44. The Balaban J connectivity index is 1.26. The first-order valence-electron chi connectivity index (χ1n) is 11.7. The molecule has 5 rings (SSSR count). The maximum Gasteiger partial charge on any atom is 0.230 e. The number of aryl methyl sites for hydroxylation is 1. The summed E-state index contributed by atoms with van der Waals surface area (Å²) >= 11 is 1.57. The van der Waals surface area contributed by atoms with Gasteiger partial charge in [0.05, 0.1) is 11.5 Å². The van der Waals surface area contributed by atoms with Crippen LogP contribution in [0.2, 0.25) is 0 Å². The highest BCUT2D eigenvalue weighted by molar-refractivity contribution is 7.15. The van der Waals surface area contributed by atoms with Gasteiger partial charge in [0.1, 0.15) is 10.6 Å². The lowest BCUT2D eigenvalue weighted by Crippen LogP contribution is -2.33. The average Bonchev–Trinajstić information content (AvgIpc) is 3.42. The number of ether oxygens (including phenoxy) is 1. The van der Waals surface area contributed by atoms with Crippen LogP contribution in [0.3, 0.4) is 0 Å². The zero-order chi connectivity index (χ0) is 22.8. The van der Waals surface area contributed by atoms with Gasteiger partial charge in [-0.1, -0.05) is 6.07 Å². The Kier molecular flexibility index (Phi) is 6.32. The average molecular weight is 466 g/mol. The van der Waals surface area contributed by atoms with Crippen LogP contribution in [0.1, 0.15) is 49.1 Å². The summed E-state index contributed by atoms with van der Waals surface area (Å²) < 4.78 is 5.91. The molecule has 1 aromatic carbocycles. The van der Waals surface area contributed by atoms with Crippen LogP contribution < -0.4 is 10.1 Å². The minimum atomic E-state index is -0.727. The van der Waals surface area contributed by atoms with Crippen LogP contribution in [0, 0.1) is 6.92 Å². The van der Waals surface area contributed by atoms with E-state index >= 15 is 0 Å². The fourth-order valence-corrected chi connectivity index (χ4v) is 5.65. The number of likely N-dealkylation sites (tertiary alicyclic amines) is 1. The van der Waals surface area contributed by atoms with Gasteiger partial charge in [0.15, 0.2) is 0 Å². The van der Waals surface area contributed by atoms with Crippen LogP contribution in [-0.2, 0) is 5.60 Å². The van der Waals surface area contributed by atoms with Gasteiger partial charge in [0.25, 0.3) is 0 Å². The maximum atomic E-state index is 10.6. The van der Waals surface area contributed by atoms with Gasteiger partial charge in [-0.15, -0.1) is 11.3 Å². The van der Waals surface area contributed by atoms with E-state index in [-0.39, 0.29) is 0 Å². The van der Waals surface area contributed by atoms with Crippen LogP contribution in [0.15, 0.2) is 36.7 Å². The topological polar surface area (TPSA) is 83.4 Å². The summed E-state index contributed by atoms with van der Waals surface area (Å²) in [6.45, 7) is 3.89. The van der Waals surface area contributed by atoms with Crippen molar-refractivity contribution in [2.24, 2.45) is 0 Å². The Morgan fingerprint density at radius 2 is 2.12 bits per heavy atom. The predicted molar refractivity (Wildman–Crippen MR) is 131 cm³/mol. The summed E-state index contributed by atoms with van der Waals surface area (Å²) in [5, 5.41) is 14.7. The summed E-state index contributed by atoms with van der Waals surface area (Å²) in [5.41, 5.74) is 2.37. The fourth-order valence-electron chi connectivity index (χ4n) is 4.60. The van der Waals surface area contributed by atoms with Crippen molar-refractivity contribution >= 4 is 23.0 Å². The molecule has 0 amide bonds. The van der Waals surface area contributed by atoms with Gasteiger partial charge in [0.2, 0.25) is 11.8 Å². The third-order valence-corrected chi connectivity index (χ3v) is 7.94. The first-order valence-corrected chi connectivity index (χ1v) is 12.5. The molecule has 1 unspecified atom stereocenters. The van der Waals surface area contributed by atoms with Crippen molar-refractivity contribution in [1.82, 2.24) is 19.9 Å². The number of rotatable bonds is 8. The number of nitrogens with one attached hydrogen (secondary N) is 1. The van der Waals surface area contributed by atoms with Crippen LogP contribution in [0.25, 0.3) is 10.4 Å². The van der Waals surface area contributed by atoms with Gasteiger partial charge < -0.3 is 20.1 Å². The molecule has 2 fully saturated rings. The van der Waals surface area contributed by atoms with Crippen molar-refractivity contribution in [3.8, 4) is 16.3 Å². The van der Waals surface area contributed by atoms with Gasteiger partial charge in [-0.05, 0) is 82.3 Å². The van der Waals surface area contributed by atoms with Crippen molar-refractivity contribution in [3.05, 3.63) is 47.2 Å². The fraction of sp³-hybridized carbons (Fsp3) is 0.480. The molecule has 2 aliphatic rings. The molecule has 1 saturated heterocycles. The lowest BCUT2D eigenvalue weighted by molar-refractivity contribution is -0.0389. The predicted octanol–water partition coefficient (Wildman–Crippen LogP) is 4.89. The third-order valence-electron chi connectivity index (χ3n) is 6.71. The first kappa shape index (κ1) is 22.3. The molecule has 1 aliphatic heterocycles. The van der Waals surface area contributed by atoms with E-state index in [1.165, 1.54) is 19.4 Å². The molecule has 1 aliphatic carbocycles. The van der Waals surface area contributed by atoms with E-state index in [1.807, 2.05) is 6.20 Å². The smallest absolute Gasteiger partial charge is 0.230 e. The number of hydrogen-bond donors (Lipinski definition) is 2. The number of hydrogen-bond acceptors (Lipinski definition) is 8. The molecule has 3 aromatic rings. The highest BCUT2D eigenvalue weighted by atomic mass is 32.1. The largest absolute Gasteiger partial charge is 0.477 e. The van der Waals surface area contributed by atoms with E-state index < -0.39 is 5.60 Å². The Morgan fingerprint density at radius 3 is 2.88 bits per heavy atom. The Morgan fingerprint density at radius 1 is 1.24 bits per heavy atom. The van der Waals surface area contributed by atoms with Crippen LogP contribution in [0.4, 0.5) is 11.6 Å². The normalized spacial score (nSPS) is 19.9. The minimum absolute atomic E-state index is 0.510. The van der Waals surface area contributed by atoms with Gasteiger partial charge in [-0.2, -0.15) is 4.98 Å². The second kappa shape index (κ2) is 9.37. The van der Waals surface area contributed by atoms with Crippen molar-refractivity contribution in [2.45, 2.75) is 57.1 Å². The monoisotopic (exact) mass is 465 g/mol. The van der Waals surface area contributed by atoms with E-state index in [1.54, 1.807) is 23.6 Å². The minimum Gasteiger partial charge on any atom is -0.477 e. The quantitative estimate of drug-likeness (QED) is 0.490. The van der Waals surface area contributed by atoms with Crippen LogP contribution in [0.5, 0.6) is 5.88 Å². The summed E-state index contributed by atoms with van der Waals surface area (Å²) in [6.07, 6.45) is 9.76. The molecule has 1 saturated carbocycles. The van der Waals surface area contributed by atoms with Crippen LogP contribution in [-0.4, -0.2) is 51.2 Å². The summed E-state index contributed by atoms with van der Waals surface area (Å²) in [6, 6.07) is 8.68. The van der Waals surface area contributed by atoms with Crippen LogP contribution >= 0.6 is 11.3 Å². The first-order chi connectivity index (χ1) is 16.0. The Labute approximate surface area is 198 Å². The standard InChI is InChI=1S/C25H31N5O2S/c1-17-13-18(21-16-27-23(33-21)25(31)8-4-9-25)15-19(14-17)28-24-26-10-6-22(29-24)32-12-7-20-5-3-11-30(20)2/h6,10,13-16,20,31H,3-5,7-9,11-12H2,1-2H3,(H,26,28,29). The molecule has 0 radical (unpaired) electrons. The Bertz CT molecular complexity index is 1110. The Hall–Kier alpha value is -2.55. The lowest BCUT2D eigenvalue weighted by atomic mass is 9.81. The molecule has 7 nitrogen and oxygen atoms in total. The van der Waals surface area contributed by atoms with Gasteiger partial charge in [0, 0.05) is 30.2 Å². The lowest BCUT2D eigenvalue weighted by Gasteiger charge is -2.34. The molecule has 0 bridgehead atoms. The van der Waals surface area contributed by atoms with E-state index in [0.717, 1.165) is 52.4 Å². The molecule has 0 spiro atoms. The number of aromatic nitrogens is 3. The van der Waals surface area contributed by atoms with E-state index in [4.69, 9.17) is 4.74 Å². The van der Waals surface area contributed by atoms with Gasteiger partial charge in [-0.3, -0.25) is 0 Å². The van der Waals surface area contributed by atoms with Crippen molar-refractivity contribution in [1.29, 1.82) is 0 Å². The summed E-state index contributed by atoms with van der Waals surface area (Å²) in [4.78, 5) is 16.9. The number of anilines is 2. The van der Waals surface area contributed by atoms with E-state index in [2.05, 4.69) is 57.3 Å². The molecule has 2 N–H and O–H groups in total. The molecule has 8 heteroatoms. The van der Waals surface area contributed by atoms with Crippen molar-refractivity contribution in [3.63, 3.8) is 0 Å². The van der Waals surface area contributed by atoms with Crippen molar-refractivity contribution in [2.75, 3.05) is 25.5 Å². The highest BCUT2D eigenvalue weighted by Gasteiger charge is 2.39. The molecule has 2 aromatic heterocycles. The molecule has 33 heavy (non-hydrogen) atoms. The summed E-state index contributed by atoms with van der Waals surface area (Å²) in [5.74, 6) is 1.10.